The molecule has 0 aliphatic carbocycles. The summed E-state index contributed by atoms with van der Waals surface area (Å²) in [6.45, 7) is 2.65. The van der Waals surface area contributed by atoms with Crippen molar-refractivity contribution in [3.05, 3.63) is 47.7 Å². The highest BCUT2D eigenvalue weighted by Gasteiger charge is 2.54. The lowest BCUT2D eigenvalue weighted by atomic mass is 10.1. The molecule has 0 aliphatic heterocycles. The van der Waals surface area contributed by atoms with E-state index in [0.717, 1.165) is 0 Å². The van der Waals surface area contributed by atoms with Gasteiger partial charge in [-0.1, -0.05) is 24.3 Å². The van der Waals surface area contributed by atoms with Crippen LogP contribution in [0.15, 0.2) is 36.4 Å². The van der Waals surface area contributed by atoms with E-state index >= 15 is 0 Å². The van der Waals surface area contributed by atoms with E-state index in [2.05, 4.69) is 0 Å². The van der Waals surface area contributed by atoms with Crippen molar-refractivity contribution >= 4 is 13.9 Å². The first kappa shape index (κ1) is 19.5. The maximum Gasteiger partial charge on any atom is 0.404 e. The van der Waals surface area contributed by atoms with E-state index in [-0.39, 0.29) is 13.2 Å². The van der Waals surface area contributed by atoms with Crippen molar-refractivity contribution in [1.29, 1.82) is 0 Å². The largest absolute Gasteiger partial charge is 0.404 e. The van der Waals surface area contributed by atoms with E-state index in [1.165, 1.54) is 38.1 Å². The molecular formula is C17H20F2NO4P. The van der Waals surface area contributed by atoms with Crippen LogP contribution in [0.4, 0.5) is 8.78 Å². The van der Waals surface area contributed by atoms with Gasteiger partial charge in [-0.25, -0.2) is 0 Å². The lowest BCUT2D eigenvalue weighted by Gasteiger charge is -2.26. The molecule has 1 heterocycles. The highest BCUT2D eigenvalue weighted by Crippen LogP contribution is 2.66. The monoisotopic (exact) mass is 371 g/mol. The van der Waals surface area contributed by atoms with Crippen LogP contribution in [-0.4, -0.2) is 24.1 Å². The van der Waals surface area contributed by atoms with Crippen LogP contribution < -0.4 is 0 Å². The molecule has 136 valence electrons. The molecule has 0 atom stereocenters. The molecule has 0 unspecified atom stereocenters. The summed E-state index contributed by atoms with van der Waals surface area (Å²) < 4.78 is 53.0. The molecule has 2 rings (SSSR count). The average molecular weight is 371 g/mol. The number of alkyl halides is 2. The van der Waals surface area contributed by atoms with Crippen molar-refractivity contribution in [2.75, 3.05) is 13.2 Å². The van der Waals surface area contributed by atoms with Gasteiger partial charge in [-0.3, -0.25) is 9.36 Å². The smallest absolute Gasteiger partial charge is 0.341 e. The summed E-state index contributed by atoms with van der Waals surface area (Å²) in [5.41, 5.74) is -2.39. The molecule has 8 heteroatoms. The Morgan fingerprint density at radius 2 is 1.64 bits per heavy atom. The molecule has 0 bridgehead atoms. The number of hydrogen-bond donors (Lipinski definition) is 0. The van der Waals surface area contributed by atoms with Gasteiger partial charge in [-0.05, 0) is 31.5 Å². The Hall–Kier alpha value is -1.82. The second kappa shape index (κ2) is 7.60. The molecule has 0 radical (unpaired) electrons. The first-order valence-electron chi connectivity index (χ1n) is 7.79. The first-order valence-corrected chi connectivity index (χ1v) is 9.33. The first-order chi connectivity index (χ1) is 11.8. The van der Waals surface area contributed by atoms with Crippen LogP contribution in [0.5, 0.6) is 0 Å². The van der Waals surface area contributed by atoms with Crippen molar-refractivity contribution in [2.24, 2.45) is 7.05 Å². The third-order valence-electron chi connectivity index (χ3n) is 3.75. The van der Waals surface area contributed by atoms with E-state index in [9.17, 15) is 18.1 Å². The summed E-state index contributed by atoms with van der Waals surface area (Å²) >= 11 is 0. The van der Waals surface area contributed by atoms with E-state index in [1.54, 1.807) is 23.7 Å². The van der Waals surface area contributed by atoms with E-state index < -0.39 is 18.8 Å². The SMILES string of the molecule is CCOP(=O)(OCC)C(F)(F)c1ccc(-c2ccc(C=O)n2C)cc1. The Bertz CT molecular complexity index is 776. The Labute approximate surface area is 145 Å². The van der Waals surface area contributed by atoms with Crippen molar-refractivity contribution in [3.8, 4) is 11.3 Å². The maximum absolute atomic E-state index is 14.7. The Kier molecular flexibility index (Phi) is 5.93. The third-order valence-corrected chi connectivity index (χ3v) is 5.89. The molecule has 0 spiro atoms. The lowest BCUT2D eigenvalue weighted by molar-refractivity contribution is 0.0361. The van der Waals surface area contributed by atoms with Gasteiger partial charge >= 0.3 is 13.3 Å². The minimum Gasteiger partial charge on any atom is -0.341 e. The van der Waals surface area contributed by atoms with Gasteiger partial charge in [0.15, 0.2) is 6.29 Å². The number of carbonyl (C=O) groups is 1. The summed E-state index contributed by atoms with van der Waals surface area (Å²) in [6, 6.07) is 8.71. The topological polar surface area (TPSA) is 57.5 Å². The molecular weight excluding hydrogens is 351 g/mol. The van der Waals surface area contributed by atoms with Gasteiger partial charge in [-0.15, -0.1) is 0 Å². The number of rotatable bonds is 8. The molecule has 1 aromatic carbocycles. The van der Waals surface area contributed by atoms with Crippen molar-refractivity contribution < 1.29 is 27.2 Å². The zero-order chi connectivity index (χ0) is 18.7. The van der Waals surface area contributed by atoms with Crippen LogP contribution in [0.3, 0.4) is 0 Å². The van der Waals surface area contributed by atoms with Gasteiger partial charge in [0.1, 0.15) is 0 Å². The molecule has 1 aromatic heterocycles. The fraction of sp³-hybridized carbons (Fsp3) is 0.353. The number of benzene rings is 1. The van der Waals surface area contributed by atoms with Crippen molar-refractivity contribution in [2.45, 2.75) is 19.5 Å². The fourth-order valence-corrected chi connectivity index (χ4v) is 4.02. The summed E-state index contributed by atoms with van der Waals surface area (Å²) in [7, 11) is -2.92. The number of hydrogen-bond acceptors (Lipinski definition) is 4. The van der Waals surface area contributed by atoms with Crippen LogP contribution in [0.2, 0.25) is 0 Å². The quantitative estimate of drug-likeness (QED) is 0.493. The van der Waals surface area contributed by atoms with Gasteiger partial charge in [0.05, 0.1) is 18.9 Å². The molecule has 25 heavy (non-hydrogen) atoms. The van der Waals surface area contributed by atoms with Gasteiger partial charge in [0, 0.05) is 18.3 Å². The van der Waals surface area contributed by atoms with Crippen LogP contribution in [0.25, 0.3) is 11.3 Å². The molecule has 0 saturated heterocycles. The number of aromatic nitrogens is 1. The number of carbonyl (C=O) groups excluding carboxylic acids is 1. The highest BCUT2D eigenvalue weighted by atomic mass is 31.2. The maximum atomic E-state index is 14.7. The second-order valence-corrected chi connectivity index (χ2v) is 7.34. The summed E-state index contributed by atoms with van der Waals surface area (Å²) in [4.78, 5) is 10.9. The van der Waals surface area contributed by atoms with Gasteiger partial charge in [0.2, 0.25) is 0 Å². The van der Waals surface area contributed by atoms with E-state index in [1.807, 2.05) is 0 Å². The fourth-order valence-electron chi connectivity index (χ4n) is 2.47. The van der Waals surface area contributed by atoms with Gasteiger partial charge < -0.3 is 13.6 Å². The standard InChI is InChI=1S/C17H20F2NO4P/c1-4-23-25(22,24-5-2)17(18,19)14-8-6-13(7-9-14)16-11-10-15(12-21)20(16)3/h6-12H,4-5H2,1-3H3. The van der Waals surface area contributed by atoms with Crippen molar-refractivity contribution in [3.63, 3.8) is 0 Å². The predicted octanol–water partition coefficient (Wildman–Crippen LogP) is 4.82. The summed E-state index contributed by atoms with van der Waals surface area (Å²) in [6.07, 6.45) is 0.715. The molecule has 5 nitrogen and oxygen atoms in total. The van der Waals surface area contributed by atoms with E-state index in [0.29, 0.717) is 23.2 Å². The average Bonchev–Trinajstić information content (AvgIpc) is 2.96. The van der Waals surface area contributed by atoms with Crippen LogP contribution in [0, 0.1) is 0 Å². The highest BCUT2D eigenvalue weighted by molar-refractivity contribution is 7.54. The molecule has 0 fully saturated rings. The zero-order valence-electron chi connectivity index (χ0n) is 14.2. The van der Waals surface area contributed by atoms with Gasteiger partial charge in [0.25, 0.3) is 0 Å². The predicted molar refractivity (Wildman–Crippen MR) is 91.0 cm³/mol. The zero-order valence-corrected chi connectivity index (χ0v) is 15.1. The third kappa shape index (κ3) is 3.59. The number of aldehydes is 1. The molecule has 0 aliphatic rings. The lowest BCUT2D eigenvalue weighted by Crippen LogP contribution is -2.18. The van der Waals surface area contributed by atoms with Gasteiger partial charge in [-0.2, -0.15) is 8.78 Å². The molecule has 0 amide bonds. The normalized spacial score (nSPS) is 12.4. The molecule has 2 aromatic rings. The Balaban J connectivity index is 2.39. The molecule has 0 N–H and O–H groups in total. The summed E-state index contributed by atoms with van der Waals surface area (Å²) in [5, 5.41) is 0. The number of halogens is 2. The van der Waals surface area contributed by atoms with Crippen LogP contribution in [0.1, 0.15) is 29.9 Å². The minimum absolute atomic E-state index is 0.150. The Morgan fingerprint density at radius 3 is 2.08 bits per heavy atom. The van der Waals surface area contributed by atoms with E-state index in [4.69, 9.17) is 9.05 Å². The van der Waals surface area contributed by atoms with Crippen molar-refractivity contribution in [1.82, 2.24) is 4.57 Å². The Morgan fingerprint density at radius 1 is 1.08 bits per heavy atom. The molecule has 0 saturated carbocycles. The summed E-state index contributed by atoms with van der Waals surface area (Å²) in [5.74, 6) is 0. The number of nitrogens with zero attached hydrogens (tertiary/aromatic N) is 1. The second-order valence-electron chi connectivity index (χ2n) is 5.27. The van der Waals surface area contributed by atoms with Crippen LogP contribution in [-0.2, 0) is 26.3 Å². The minimum atomic E-state index is -4.63. The van der Waals surface area contributed by atoms with Crippen LogP contribution >= 0.6 is 7.60 Å².